The van der Waals surface area contributed by atoms with Gasteiger partial charge in [-0.25, -0.2) is 49.0 Å². The number of amides is 2. The summed E-state index contributed by atoms with van der Waals surface area (Å²) in [6, 6.07) is 18.1. The number of aliphatic carboxylic acids is 2. The van der Waals surface area contributed by atoms with Crippen LogP contribution < -0.4 is 21.9 Å². The van der Waals surface area contributed by atoms with E-state index in [1.807, 2.05) is 76.2 Å². The summed E-state index contributed by atoms with van der Waals surface area (Å²) in [5, 5.41) is 35.4. The molecule has 32 heteroatoms. The van der Waals surface area contributed by atoms with Crippen molar-refractivity contribution in [2.45, 2.75) is 140 Å². The van der Waals surface area contributed by atoms with Crippen molar-refractivity contribution in [3.05, 3.63) is 153 Å². The number of nitrogens with zero attached hydrogens (tertiary/aromatic N) is 3. The third-order valence-electron chi connectivity index (χ3n) is 12.7. The van der Waals surface area contributed by atoms with E-state index in [2.05, 4.69) is 9.71 Å². The Bertz CT molecular complexity index is 3260. The molecule has 0 saturated heterocycles. The van der Waals surface area contributed by atoms with Gasteiger partial charge in [0.05, 0.1) is 41.7 Å². The molecule has 496 valence electrons. The standard InChI is InChI=1S/C29H43F2N3O4S.C24H28F2N4O4S2.2C2HF3O2/c1-4-8-25(9-5-2)39(37,38)19-27(33)29(36)34(17-21-11-7-10-20(6-3)12-21)18-28(35)26(32)15-22-13-23(30)16-24(31)14-22;1-3-15-5-4-6-16(7-15)13-30(23(32)22-12-28-24(35-22)29-36(2,33)34)14-21(31)20(27)10-17-8-18(25)11-19(26)9-17;2*3-2(4,5)1(6)7/h7,10-14,16,25-28,35H,4-6,8-9,15,17-19,32-33H2,1-3H3;4-9,11-12,20-21,31H,3,10,13-14,27H2,1-2H3,(H,28,29);2*(H,6,7)/t26-,27-,28+;20-,21+;;/m00../s1. The number of benzene rings is 4. The molecule has 0 bridgehead atoms. The molecule has 0 spiro atoms. The van der Waals surface area contributed by atoms with E-state index in [0.29, 0.717) is 25.7 Å². The molecule has 1 heterocycles. The largest absolute Gasteiger partial charge is 0.490 e. The number of carbonyl (C=O) groups is 4. The molecule has 11 N–H and O–H groups in total. The first kappa shape index (κ1) is 78.3. The molecule has 2 amide bonds. The number of aliphatic hydroxyl groups is 2. The van der Waals surface area contributed by atoms with E-state index in [1.54, 1.807) is 0 Å². The van der Waals surface area contributed by atoms with Crippen LogP contribution in [0.3, 0.4) is 0 Å². The van der Waals surface area contributed by atoms with Crippen LogP contribution in [-0.4, -0.2) is 149 Å². The van der Waals surface area contributed by atoms with Crippen molar-refractivity contribution in [1.29, 1.82) is 0 Å². The van der Waals surface area contributed by atoms with Crippen molar-refractivity contribution in [2.75, 3.05) is 29.8 Å². The summed E-state index contributed by atoms with van der Waals surface area (Å²) >= 11 is 0.867. The van der Waals surface area contributed by atoms with E-state index in [0.717, 1.165) is 89.1 Å². The number of hydrogen-bond donors (Lipinski definition) is 8. The van der Waals surface area contributed by atoms with Crippen LogP contribution in [-0.2, 0) is 73.0 Å². The number of alkyl halides is 6. The lowest BCUT2D eigenvalue weighted by Gasteiger charge is -2.30. The van der Waals surface area contributed by atoms with E-state index in [1.165, 1.54) is 16.0 Å². The Kier molecular flexibility index (Phi) is 31.8. The predicted octanol–water partition coefficient (Wildman–Crippen LogP) is 7.69. The lowest BCUT2D eigenvalue weighted by atomic mass is 10.0. The monoisotopic (exact) mass is 1330 g/mol. The normalized spacial score (nSPS) is 13.4. The van der Waals surface area contributed by atoms with Gasteiger partial charge in [-0.2, -0.15) is 26.3 Å². The highest BCUT2D eigenvalue weighted by molar-refractivity contribution is 7.92. The molecule has 0 aliphatic heterocycles. The summed E-state index contributed by atoms with van der Waals surface area (Å²) in [4.78, 5) is 51.5. The number of halogens is 10. The molecule has 0 unspecified atom stereocenters. The van der Waals surface area contributed by atoms with Crippen LogP contribution in [0.1, 0.15) is 96.4 Å². The number of anilines is 1. The first-order chi connectivity index (χ1) is 41.2. The fourth-order valence-corrected chi connectivity index (χ4v) is 12.1. The van der Waals surface area contributed by atoms with Gasteiger partial charge in [0.15, 0.2) is 15.0 Å². The number of carboxylic acid groups (broad SMARTS) is 2. The predicted molar refractivity (Wildman–Crippen MR) is 313 cm³/mol. The number of aliphatic hydroxyl groups excluding tert-OH is 2. The second-order valence-corrected chi connectivity index (χ2v) is 25.4. The Balaban J connectivity index is 0.000000499. The van der Waals surface area contributed by atoms with Gasteiger partial charge in [-0.15, -0.1) is 0 Å². The molecule has 4 aromatic carbocycles. The number of aryl methyl sites for hydroxylation is 2. The van der Waals surface area contributed by atoms with Gasteiger partial charge >= 0.3 is 24.3 Å². The van der Waals surface area contributed by atoms with Gasteiger partial charge in [0, 0.05) is 50.4 Å². The van der Waals surface area contributed by atoms with Crippen LogP contribution in [0.4, 0.5) is 49.0 Å². The molecule has 5 atom stereocenters. The van der Waals surface area contributed by atoms with Crippen molar-refractivity contribution < 1.29 is 100 Å². The Morgan fingerprint density at radius 3 is 1.34 bits per heavy atom. The zero-order chi connectivity index (χ0) is 67.8. The number of sulfone groups is 1. The van der Waals surface area contributed by atoms with E-state index in [9.17, 15) is 80.5 Å². The van der Waals surface area contributed by atoms with E-state index in [-0.39, 0.29) is 60.2 Å². The maximum Gasteiger partial charge on any atom is 0.490 e. The first-order valence-corrected chi connectivity index (χ1v) is 31.7. The van der Waals surface area contributed by atoms with Crippen molar-refractivity contribution in [3.63, 3.8) is 0 Å². The third kappa shape index (κ3) is 29.1. The van der Waals surface area contributed by atoms with Crippen molar-refractivity contribution in [3.8, 4) is 0 Å². The number of hydrogen-bond acceptors (Lipinski definition) is 15. The number of carbonyl (C=O) groups excluding carboxylic acids is 2. The Hall–Kier alpha value is -6.81. The second kappa shape index (κ2) is 36.1. The minimum absolute atomic E-state index is 0.00776. The summed E-state index contributed by atoms with van der Waals surface area (Å²) in [5.74, 6) is -10.1. The summed E-state index contributed by atoms with van der Waals surface area (Å²) in [6.07, 6.45) is -6.45. The highest BCUT2D eigenvalue weighted by Crippen LogP contribution is 2.24. The van der Waals surface area contributed by atoms with Gasteiger partial charge in [0.1, 0.15) is 28.1 Å². The lowest BCUT2D eigenvalue weighted by molar-refractivity contribution is -0.193. The van der Waals surface area contributed by atoms with Crippen LogP contribution in [0, 0.1) is 23.3 Å². The van der Waals surface area contributed by atoms with Crippen LogP contribution in [0.5, 0.6) is 0 Å². The SMILES string of the molecule is CCCC(CCC)S(=O)(=O)C[C@H](N)C(=O)N(Cc1cccc(CC)c1)C[C@@H](O)[C@@H](N)Cc1cc(F)cc(F)c1.CCc1cccc(CN(C[C@@H](O)[C@@H](N)Cc2cc(F)cc(F)c2)C(=O)c2cnc(NS(C)(=O)=O)s2)c1.O=C(O)C(F)(F)F.O=C(O)C(F)(F)F. The van der Waals surface area contributed by atoms with Crippen LogP contribution in [0.25, 0.3) is 0 Å². The second-order valence-electron chi connectivity index (χ2n) is 20.3. The Morgan fingerprint density at radius 1 is 0.607 bits per heavy atom. The Labute approximate surface area is 512 Å². The third-order valence-corrected chi connectivity index (χ3v) is 16.6. The number of nitrogens with one attached hydrogen (secondary N) is 1. The molecule has 0 fully saturated rings. The molecular weight excluding hydrogens is 1260 g/mol. The average molecular weight is 1330 g/mol. The fraction of sp³-hybridized carbons (Fsp3) is 0.456. The molecule has 0 saturated carbocycles. The summed E-state index contributed by atoms with van der Waals surface area (Å²) in [6.45, 7) is 7.69. The molecule has 0 radical (unpaired) electrons. The summed E-state index contributed by atoms with van der Waals surface area (Å²) < 4.78 is 169. The van der Waals surface area contributed by atoms with Crippen LogP contribution in [0.2, 0.25) is 0 Å². The smallest absolute Gasteiger partial charge is 0.475 e. The van der Waals surface area contributed by atoms with Crippen molar-refractivity contribution in [1.82, 2.24) is 14.8 Å². The fourth-order valence-electron chi connectivity index (χ4n) is 8.36. The number of aromatic nitrogens is 1. The zero-order valence-corrected chi connectivity index (χ0v) is 51.4. The van der Waals surface area contributed by atoms with E-state index in [4.69, 9.17) is 37.0 Å². The van der Waals surface area contributed by atoms with Gasteiger partial charge in [0.25, 0.3) is 5.91 Å². The molecule has 5 aromatic rings. The van der Waals surface area contributed by atoms with Gasteiger partial charge in [-0.3, -0.25) is 14.3 Å². The number of nitrogens with two attached hydrogens (primary N) is 3. The molecule has 89 heavy (non-hydrogen) atoms. The van der Waals surface area contributed by atoms with Crippen molar-refractivity contribution >= 4 is 60.1 Å². The maximum absolute atomic E-state index is 13.6. The molecule has 0 aliphatic rings. The highest BCUT2D eigenvalue weighted by Gasteiger charge is 2.39. The van der Waals surface area contributed by atoms with E-state index >= 15 is 0 Å². The number of sulfonamides is 1. The molecule has 19 nitrogen and oxygen atoms in total. The summed E-state index contributed by atoms with van der Waals surface area (Å²) in [7, 11) is -7.20. The molecule has 0 aliphatic carbocycles. The van der Waals surface area contributed by atoms with Crippen molar-refractivity contribution in [2.24, 2.45) is 17.2 Å². The van der Waals surface area contributed by atoms with E-state index < -0.39 is 121 Å². The molecular formula is C57H73F10N7O12S3. The molecule has 1 aromatic heterocycles. The average Bonchev–Trinajstić information content (AvgIpc) is 2.91. The minimum atomic E-state index is -5.08. The van der Waals surface area contributed by atoms with Gasteiger partial charge in [-0.1, -0.05) is 100 Å². The van der Waals surface area contributed by atoms with Crippen LogP contribution >= 0.6 is 11.3 Å². The minimum Gasteiger partial charge on any atom is -0.475 e. The maximum atomic E-state index is 13.6. The van der Waals surface area contributed by atoms with Gasteiger partial charge in [-0.05, 0) is 96.2 Å². The number of rotatable bonds is 27. The zero-order valence-electron chi connectivity index (χ0n) is 48.9. The summed E-state index contributed by atoms with van der Waals surface area (Å²) in [5.41, 5.74) is 22.8. The van der Waals surface area contributed by atoms with Gasteiger partial charge < -0.3 is 47.4 Å². The number of carboxylic acids is 2. The highest BCUT2D eigenvalue weighted by atomic mass is 32.2. The number of thiazole rings is 1. The lowest BCUT2D eigenvalue weighted by Crippen LogP contribution is -2.52. The van der Waals surface area contributed by atoms with Gasteiger partial charge in [0.2, 0.25) is 15.9 Å². The first-order valence-electron chi connectivity index (χ1n) is 27.2. The topological polar surface area (TPSA) is 327 Å². The molecule has 5 rings (SSSR count). The quantitative estimate of drug-likeness (QED) is 0.0234. The van der Waals surface area contributed by atoms with Crippen LogP contribution in [0.15, 0.2) is 91.1 Å². The Morgan fingerprint density at radius 2 is 0.978 bits per heavy atom.